The Balaban J connectivity index is 0.000000120. The predicted octanol–water partition coefficient (Wildman–Crippen LogP) is 10.7. The van der Waals surface area contributed by atoms with Crippen molar-refractivity contribution in [1.82, 2.24) is 82.1 Å². The number of methoxy groups -OCH3 is 1. The van der Waals surface area contributed by atoms with E-state index in [1.165, 1.54) is 44.9 Å². The second kappa shape index (κ2) is 34.5. The first-order valence-electron chi connectivity index (χ1n) is 39.1. The molecule has 4 atom stereocenters. The highest BCUT2D eigenvalue weighted by Crippen LogP contribution is 2.42. The summed E-state index contributed by atoms with van der Waals surface area (Å²) in [7, 11) is 15.3. The second-order valence-corrected chi connectivity index (χ2v) is 43.7. The third-order valence-corrected chi connectivity index (χ3v) is 23.9. The summed E-state index contributed by atoms with van der Waals surface area (Å²) in [5.74, 6) is 1.50. The monoisotopic (exact) mass is 1930 g/mol. The average molecular weight is 1940 g/mol. The number of urea groups is 4. The number of hydrogen-bond acceptors (Lipinski definition) is 24. The Labute approximate surface area is 755 Å². The van der Waals surface area contributed by atoms with Crippen LogP contribution in [0.2, 0.25) is 19.6 Å². The van der Waals surface area contributed by atoms with Crippen LogP contribution in [0.1, 0.15) is 99.4 Å². The number of aryl methyl sites for hydroxylation is 1. The SMILES string of the molecule is CC#C[Si](C)(C)C.COc1ccc2c(c1)C(=O)N(C[C@]1(c3cc4ncccc4o3)NC(=O)NC1=O)C2.Cc1cc2c3c(ccc2o1)CN(C[C@]1(c2cc4ncccc4o2)NC(=O)NC1=O)C3=O.O=C1NC(=O)[C@@](CN2Cc3ccc(O)c(I)c3C2=O)(c2cc3ncccc3o2)N1.O=C1NC(=O)[C@@](CN2Cc3ccc(O)cc3C2=O)(c2cc3ncccc3o2)N1.[Cl][Al]([Cl])[Cl]. The summed E-state index contributed by atoms with van der Waals surface area (Å²) < 4.78 is 34.6. The predicted molar refractivity (Wildman–Crippen MR) is 471 cm³/mol. The molecule has 0 bridgehead atoms. The van der Waals surface area contributed by atoms with Gasteiger partial charge in [0.05, 0.1) is 48.0 Å². The van der Waals surface area contributed by atoms with E-state index in [-0.39, 0.29) is 97.4 Å². The molecule has 4 fully saturated rings. The van der Waals surface area contributed by atoms with Gasteiger partial charge >= 0.3 is 35.5 Å². The molecule has 9 aromatic heterocycles. The van der Waals surface area contributed by atoms with E-state index in [4.69, 9.17) is 57.0 Å². The zero-order valence-electron chi connectivity index (χ0n) is 68.2. The average Bonchev–Trinajstić information content (AvgIpc) is 1.56. The number of amides is 16. The summed E-state index contributed by atoms with van der Waals surface area (Å²) in [6.07, 6.45) is 6.40. The van der Waals surface area contributed by atoms with Crippen LogP contribution in [-0.4, -0.2) is 174 Å². The number of hydrogen-bond donors (Lipinski definition) is 10. The number of phenols is 2. The van der Waals surface area contributed by atoms with Gasteiger partial charge < -0.3 is 77.9 Å². The fourth-order valence-electron chi connectivity index (χ4n) is 16.1. The fourth-order valence-corrected chi connectivity index (χ4v) is 17.6. The molecule has 16 amide bonds. The van der Waals surface area contributed by atoms with Crippen molar-refractivity contribution in [2.75, 3.05) is 33.3 Å². The van der Waals surface area contributed by atoms with Crippen molar-refractivity contribution in [2.45, 2.75) is 81.8 Å². The van der Waals surface area contributed by atoms with E-state index in [0.717, 1.165) is 27.6 Å². The van der Waals surface area contributed by atoms with Crippen LogP contribution in [-0.2, 0) is 67.5 Å². The number of nitrogens with zero attached hydrogens (tertiary/aromatic N) is 8. The Kier molecular flexibility index (Phi) is 23.6. The van der Waals surface area contributed by atoms with Gasteiger partial charge in [-0.1, -0.05) is 43.9 Å². The van der Waals surface area contributed by atoms with Gasteiger partial charge in [-0.15, -0.1) is 11.5 Å². The third-order valence-electron chi connectivity index (χ3n) is 21.8. The van der Waals surface area contributed by atoms with Crippen LogP contribution in [0, 0.1) is 22.0 Å². The highest BCUT2D eigenvalue weighted by atomic mass is 127. The number of pyridine rings is 4. The van der Waals surface area contributed by atoms with Gasteiger partial charge in [-0.25, -0.2) is 49.3 Å². The Bertz CT molecular complexity index is 6810. The van der Waals surface area contributed by atoms with Crippen molar-refractivity contribution in [2.24, 2.45) is 0 Å². The van der Waals surface area contributed by atoms with Crippen LogP contribution >= 0.6 is 52.7 Å². The molecule has 8 aliphatic rings. The normalized spacial score (nSPS) is 19.8. The third kappa shape index (κ3) is 16.7. The standard InChI is InChI=1S/C22H16N4O5.C20H16N4O5.C19H13IN4O5.C19H14N4O5.C6H12Si.Al.3ClH/c1-11-7-13-15(30-11)5-4-12-9-26(19(27)18(12)13)10-22(20(28)24-21(29)25-22)17-8-14-16(31-17)3-2-6-23-14;1-28-12-5-4-11-9-24(17(25)13(11)7-12)10-20(18(26)22-19(27)23-20)16-8-14-15(29-16)3-2-6-21-14;20-15-11(25)4-3-9-7-24(16(26)14(9)15)8-19(17(27)22-18(28)23-19)13-6-10-12(29-13)2-1-5-21-10;24-11-4-3-10-8-23(16(25)12(10)6-11)9-19(17(26)21-18(27)22-19)15-7-13-14(28-15)2-1-5-20-13;1-5-6-7(2,3)4;;;;/h2-8H,9-10H2,1H3,(H2,24,25,28,29);2-8H,9-10H2,1H3,(H2,22,23,26,27);1-6,25H,7-8H2,(H2,22,23,27,28);1-7,24H,8-9H2,(H2,21,22,26,27);1-4H3;;3*1H/q;;;;;+3;;;/p-3/t22-;20-;2*19-;;;;;/m1111...../s1. The minimum absolute atomic E-state index is 0.0149. The number of carbonyl (C=O) groups excluding carboxylic acids is 12. The van der Waals surface area contributed by atoms with Crippen LogP contribution in [0.5, 0.6) is 17.2 Å². The molecule has 21 rings (SSSR count). The summed E-state index contributed by atoms with van der Waals surface area (Å²) in [6.45, 7) is 11.1. The molecular formula is C86H71AlCl3IN16O20Si. The molecule has 0 saturated carbocycles. The quantitative estimate of drug-likeness (QED) is 0.0222. The minimum Gasteiger partial charge on any atom is -0.508 e. The van der Waals surface area contributed by atoms with Gasteiger partial charge in [-0.3, -0.25) is 79.6 Å². The zero-order valence-corrected chi connectivity index (χ0v) is 74.7. The van der Waals surface area contributed by atoms with E-state index in [9.17, 15) is 67.7 Å². The molecule has 0 spiro atoms. The molecule has 0 radical (unpaired) electrons. The zero-order chi connectivity index (χ0) is 90.8. The fraction of sp³-hybridized carbons (Fsp3) is 0.209. The molecule has 0 unspecified atom stereocenters. The Morgan fingerprint density at radius 1 is 0.453 bits per heavy atom. The number of carbonyl (C=O) groups is 12. The van der Waals surface area contributed by atoms with Crippen LogP contribution in [0.25, 0.3) is 55.4 Å². The molecule has 4 aromatic carbocycles. The highest BCUT2D eigenvalue weighted by molar-refractivity contribution is 14.1. The first-order valence-corrected chi connectivity index (χ1v) is 48.9. The van der Waals surface area contributed by atoms with E-state index in [1.54, 1.807) is 122 Å². The lowest BCUT2D eigenvalue weighted by Gasteiger charge is -2.29. The summed E-state index contributed by atoms with van der Waals surface area (Å²) in [5.41, 5.74) is 6.59. The number of ether oxygens (including phenoxy) is 1. The number of phenolic OH excluding ortho intramolecular Hbond substituents is 2. The maximum Gasteiger partial charge on any atom is 0.643 e. The van der Waals surface area contributed by atoms with Gasteiger partial charge in [0.2, 0.25) is 0 Å². The van der Waals surface area contributed by atoms with Crippen LogP contribution in [0.15, 0.2) is 186 Å². The first kappa shape index (κ1) is 87.6. The second-order valence-electron chi connectivity index (χ2n) is 31.4. The summed E-state index contributed by atoms with van der Waals surface area (Å²) in [5, 5.41) is 39.9. The first-order chi connectivity index (χ1) is 61.1. The van der Waals surface area contributed by atoms with Gasteiger partial charge in [-0.05, 0) is 150 Å². The number of aromatic nitrogens is 4. The number of furan rings is 5. The van der Waals surface area contributed by atoms with Gasteiger partial charge in [0.15, 0.2) is 44.5 Å². The number of fused-ring (bicyclic) bond motifs is 10. The molecule has 36 nitrogen and oxygen atoms in total. The van der Waals surface area contributed by atoms with E-state index in [2.05, 4.69) is 93.6 Å². The van der Waals surface area contributed by atoms with Crippen molar-refractivity contribution in [3.8, 4) is 28.7 Å². The number of nitrogens with one attached hydrogen (secondary N) is 8. The van der Waals surface area contributed by atoms with Crippen LogP contribution in [0.4, 0.5) is 19.2 Å². The summed E-state index contributed by atoms with van der Waals surface area (Å²) in [4.78, 5) is 174. The Morgan fingerprint density at radius 3 is 1.15 bits per heavy atom. The van der Waals surface area contributed by atoms with Crippen LogP contribution in [0.3, 0.4) is 0 Å². The Morgan fingerprint density at radius 2 is 0.797 bits per heavy atom. The van der Waals surface area contributed by atoms with E-state index < -0.39 is 89.4 Å². The molecule has 0 aliphatic carbocycles. The highest BCUT2D eigenvalue weighted by Gasteiger charge is 2.58. The lowest BCUT2D eigenvalue weighted by Crippen LogP contribution is -2.52. The van der Waals surface area contributed by atoms with Crippen molar-refractivity contribution in [3.05, 3.63) is 241 Å². The lowest BCUT2D eigenvalue weighted by atomic mass is 9.95. The molecule has 42 heteroatoms. The number of rotatable bonds is 13. The minimum atomic E-state index is -1.72. The summed E-state index contributed by atoms with van der Waals surface area (Å²) >= 11 is 0.197. The maximum absolute atomic E-state index is 13.3. The largest absolute Gasteiger partial charge is 0.643 e. The molecule has 4 saturated heterocycles. The van der Waals surface area contributed by atoms with Crippen LogP contribution < -0.4 is 47.3 Å². The molecule has 13 aromatic rings. The molecule has 128 heavy (non-hydrogen) atoms. The molecule has 10 N–H and O–H groups in total. The topological polar surface area (TPSA) is 481 Å². The van der Waals surface area contributed by atoms with E-state index in [0.29, 0.717) is 100 Å². The molecular weight excluding hydrogens is 1870 g/mol. The maximum atomic E-state index is 13.3. The van der Waals surface area contributed by atoms with E-state index >= 15 is 0 Å². The molecule has 8 aliphatic heterocycles. The molecule has 17 heterocycles. The number of aromatic hydroxyl groups is 2. The van der Waals surface area contributed by atoms with Gasteiger partial charge in [-0.2, -0.15) is 0 Å². The van der Waals surface area contributed by atoms with Gasteiger partial charge in [0.1, 0.15) is 81.8 Å². The molecule has 650 valence electrons. The number of benzene rings is 4. The van der Waals surface area contributed by atoms with Crippen molar-refractivity contribution in [3.63, 3.8) is 0 Å². The van der Waals surface area contributed by atoms with Crippen molar-refractivity contribution < 1.29 is 94.6 Å². The van der Waals surface area contributed by atoms with Crippen molar-refractivity contribution >= 4 is 199 Å². The smallest absolute Gasteiger partial charge is 0.508 e. The van der Waals surface area contributed by atoms with Gasteiger partial charge in [0.25, 0.3) is 47.3 Å². The summed E-state index contributed by atoms with van der Waals surface area (Å²) in [6, 6.07) is 36.0. The van der Waals surface area contributed by atoms with Crippen molar-refractivity contribution in [1.29, 1.82) is 0 Å². The lowest BCUT2D eigenvalue weighted by molar-refractivity contribution is -0.126. The number of imide groups is 4. The Hall–Kier alpha value is -13.9. The van der Waals surface area contributed by atoms with Gasteiger partial charge in [0, 0.05) is 91.7 Å². The number of halogens is 4. The van der Waals surface area contributed by atoms with E-state index in [1.807, 2.05) is 60.7 Å².